The van der Waals surface area contributed by atoms with Gasteiger partial charge in [-0.1, -0.05) is 30.3 Å². The van der Waals surface area contributed by atoms with Gasteiger partial charge in [-0.15, -0.1) is 0 Å². The molecule has 0 aliphatic heterocycles. The molecule has 0 unspecified atom stereocenters. The van der Waals surface area contributed by atoms with Crippen LogP contribution in [-0.2, 0) is 6.42 Å². The van der Waals surface area contributed by atoms with E-state index in [1.807, 2.05) is 30.3 Å². The Balaban J connectivity index is 1.95. The summed E-state index contributed by atoms with van der Waals surface area (Å²) in [5.74, 6) is -0.995. The van der Waals surface area contributed by atoms with Crippen LogP contribution in [0.5, 0.6) is 0 Å². The van der Waals surface area contributed by atoms with Crippen molar-refractivity contribution in [3.05, 3.63) is 59.5 Å². The van der Waals surface area contributed by atoms with Crippen molar-refractivity contribution in [1.29, 1.82) is 0 Å². The number of hydrogen-bond donors (Lipinski definition) is 2. The number of aromatic nitrogens is 1. The normalized spacial score (nSPS) is 10.1. The van der Waals surface area contributed by atoms with E-state index >= 15 is 0 Å². The molecule has 0 fully saturated rings. The Morgan fingerprint density at radius 2 is 2.00 bits per heavy atom. The average Bonchev–Trinajstić information content (AvgIpc) is 2.48. The zero-order valence-corrected chi connectivity index (χ0v) is 11.2. The van der Waals surface area contributed by atoms with Crippen LogP contribution in [0.25, 0.3) is 0 Å². The van der Waals surface area contributed by atoms with Crippen LogP contribution < -0.4 is 10.6 Å². The predicted molar refractivity (Wildman–Crippen MR) is 76.2 cm³/mol. The highest BCUT2D eigenvalue weighted by Gasteiger charge is 2.14. The van der Waals surface area contributed by atoms with Crippen LogP contribution in [-0.4, -0.2) is 24.5 Å². The maximum Gasteiger partial charge on any atom is 0.254 e. The SMILES string of the molecule is CNc1nccc(C(=O)NCCc2ccccc2)c1F. The maximum atomic E-state index is 13.9. The first-order valence-electron chi connectivity index (χ1n) is 6.36. The molecule has 2 N–H and O–H groups in total. The number of amides is 1. The summed E-state index contributed by atoms with van der Waals surface area (Å²) in [5, 5.41) is 5.31. The van der Waals surface area contributed by atoms with Crippen molar-refractivity contribution in [3.8, 4) is 0 Å². The number of halogens is 1. The molecule has 0 aliphatic rings. The van der Waals surface area contributed by atoms with Crippen LogP contribution in [0.1, 0.15) is 15.9 Å². The van der Waals surface area contributed by atoms with Gasteiger partial charge < -0.3 is 10.6 Å². The lowest BCUT2D eigenvalue weighted by Gasteiger charge is -2.08. The second-order valence-corrected chi connectivity index (χ2v) is 4.26. The largest absolute Gasteiger partial charge is 0.371 e. The molecule has 1 heterocycles. The Morgan fingerprint density at radius 1 is 1.25 bits per heavy atom. The van der Waals surface area contributed by atoms with Gasteiger partial charge in [0.1, 0.15) is 0 Å². The first-order valence-corrected chi connectivity index (χ1v) is 6.36. The first-order chi connectivity index (χ1) is 9.72. The van der Waals surface area contributed by atoms with E-state index in [0.717, 1.165) is 5.56 Å². The summed E-state index contributed by atoms with van der Waals surface area (Å²) < 4.78 is 13.9. The Hall–Kier alpha value is -2.43. The molecule has 0 radical (unpaired) electrons. The molecule has 5 heteroatoms. The minimum absolute atomic E-state index is 0.00240. The highest BCUT2D eigenvalue weighted by molar-refractivity contribution is 5.95. The van der Waals surface area contributed by atoms with Crippen molar-refractivity contribution in [2.45, 2.75) is 6.42 Å². The van der Waals surface area contributed by atoms with Crippen LogP contribution in [0.4, 0.5) is 10.2 Å². The van der Waals surface area contributed by atoms with Gasteiger partial charge >= 0.3 is 0 Å². The Labute approximate surface area is 117 Å². The molecule has 4 nitrogen and oxygen atoms in total. The van der Waals surface area contributed by atoms with Crippen LogP contribution in [0, 0.1) is 5.82 Å². The molecule has 0 aliphatic carbocycles. The predicted octanol–water partition coefficient (Wildman–Crippen LogP) is 2.23. The van der Waals surface area contributed by atoms with E-state index in [4.69, 9.17) is 0 Å². The Bertz CT molecular complexity index is 587. The van der Waals surface area contributed by atoms with Crippen molar-refractivity contribution in [2.75, 3.05) is 18.9 Å². The number of hydrogen-bond acceptors (Lipinski definition) is 3. The number of benzene rings is 1. The van der Waals surface area contributed by atoms with Gasteiger partial charge in [-0.2, -0.15) is 0 Å². The quantitative estimate of drug-likeness (QED) is 0.878. The number of rotatable bonds is 5. The molecular formula is C15H16FN3O. The van der Waals surface area contributed by atoms with E-state index in [1.54, 1.807) is 7.05 Å². The molecule has 2 rings (SSSR count). The Morgan fingerprint density at radius 3 is 2.70 bits per heavy atom. The zero-order valence-electron chi connectivity index (χ0n) is 11.2. The topological polar surface area (TPSA) is 54.0 Å². The molecule has 0 saturated carbocycles. The lowest BCUT2D eigenvalue weighted by atomic mass is 10.1. The maximum absolute atomic E-state index is 13.9. The minimum atomic E-state index is -0.632. The third kappa shape index (κ3) is 3.32. The molecule has 0 spiro atoms. The van der Waals surface area contributed by atoms with Gasteiger partial charge in [0.2, 0.25) is 0 Å². The molecular weight excluding hydrogens is 257 g/mol. The zero-order chi connectivity index (χ0) is 14.4. The molecule has 104 valence electrons. The number of nitrogens with one attached hydrogen (secondary N) is 2. The average molecular weight is 273 g/mol. The summed E-state index contributed by atoms with van der Waals surface area (Å²) in [5.41, 5.74) is 1.12. The molecule has 0 bridgehead atoms. The summed E-state index contributed by atoms with van der Waals surface area (Å²) in [7, 11) is 1.56. The van der Waals surface area contributed by atoms with E-state index in [0.29, 0.717) is 13.0 Å². The van der Waals surface area contributed by atoms with Crippen LogP contribution in [0.15, 0.2) is 42.6 Å². The number of pyridine rings is 1. The van der Waals surface area contributed by atoms with Crippen LogP contribution in [0.3, 0.4) is 0 Å². The second kappa shape index (κ2) is 6.65. The molecule has 0 saturated heterocycles. The lowest BCUT2D eigenvalue weighted by Crippen LogP contribution is -2.27. The smallest absolute Gasteiger partial charge is 0.254 e. The highest BCUT2D eigenvalue weighted by atomic mass is 19.1. The van der Waals surface area contributed by atoms with Gasteiger partial charge in [0.25, 0.3) is 5.91 Å². The van der Waals surface area contributed by atoms with Crippen molar-refractivity contribution in [1.82, 2.24) is 10.3 Å². The number of carbonyl (C=O) groups excluding carboxylic acids is 1. The summed E-state index contributed by atoms with van der Waals surface area (Å²) in [6, 6.07) is 11.2. The molecule has 1 amide bonds. The van der Waals surface area contributed by atoms with Gasteiger partial charge in [0, 0.05) is 19.8 Å². The minimum Gasteiger partial charge on any atom is -0.371 e. The second-order valence-electron chi connectivity index (χ2n) is 4.26. The third-order valence-electron chi connectivity index (χ3n) is 2.91. The van der Waals surface area contributed by atoms with Crippen LogP contribution >= 0.6 is 0 Å². The number of nitrogens with zero attached hydrogens (tertiary/aromatic N) is 1. The Kier molecular flexibility index (Phi) is 4.65. The van der Waals surface area contributed by atoms with Crippen molar-refractivity contribution >= 4 is 11.7 Å². The van der Waals surface area contributed by atoms with Gasteiger partial charge in [-0.05, 0) is 18.1 Å². The fourth-order valence-electron chi connectivity index (χ4n) is 1.85. The highest BCUT2D eigenvalue weighted by Crippen LogP contribution is 2.14. The van der Waals surface area contributed by atoms with Gasteiger partial charge in [-0.3, -0.25) is 4.79 Å². The van der Waals surface area contributed by atoms with E-state index in [-0.39, 0.29) is 11.4 Å². The monoisotopic (exact) mass is 273 g/mol. The molecule has 2 aromatic rings. The summed E-state index contributed by atoms with van der Waals surface area (Å²) in [6.45, 7) is 0.458. The standard InChI is InChI=1S/C15H16FN3O/c1-17-14-13(16)12(8-10-18-14)15(20)19-9-7-11-5-3-2-4-6-11/h2-6,8,10H,7,9H2,1H3,(H,17,18)(H,19,20). The summed E-state index contributed by atoms with van der Waals surface area (Å²) in [4.78, 5) is 15.7. The van der Waals surface area contributed by atoms with Crippen molar-refractivity contribution in [3.63, 3.8) is 0 Å². The van der Waals surface area contributed by atoms with Gasteiger partial charge in [-0.25, -0.2) is 9.37 Å². The van der Waals surface area contributed by atoms with Crippen molar-refractivity contribution < 1.29 is 9.18 Å². The van der Waals surface area contributed by atoms with E-state index in [2.05, 4.69) is 15.6 Å². The van der Waals surface area contributed by atoms with E-state index < -0.39 is 11.7 Å². The van der Waals surface area contributed by atoms with Gasteiger partial charge in [0.15, 0.2) is 11.6 Å². The lowest BCUT2D eigenvalue weighted by molar-refractivity contribution is 0.0950. The third-order valence-corrected chi connectivity index (χ3v) is 2.91. The van der Waals surface area contributed by atoms with E-state index in [1.165, 1.54) is 12.3 Å². The van der Waals surface area contributed by atoms with E-state index in [9.17, 15) is 9.18 Å². The molecule has 20 heavy (non-hydrogen) atoms. The van der Waals surface area contributed by atoms with Crippen molar-refractivity contribution in [2.24, 2.45) is 0 Å². The summed E-state index contributed by atoms with van der Waals surface area (Å²) >= 11 is 0. The summed E-state index contributed by atoms with van der Waals surface area (Å²) in [6.07, 6.45) is 2.11. The fourth-order valence-corrected chi connectivity index (χ4v) is 1.85. The fraction of sp³-hybridized carbons (Fsp3) is 0.200. The number of carbonyl (C=O) groups is 1. The molecule has 1 aromatic carbocycles. The van der Waals surface area contributed by atoms with Crippen LogP contribution in [0.2, 0.25) is 0 Å². The first kappa shape index (κ1) is 14.0. The molecule has 1 aromatic heterocycles. The number of anilines is 1. The molecule has 0 atom stereocenters. The van der Waals surface area contributed by atoms with Gasteiger partial charge in [0.05, 0.1) is 5.56 Å².